The van der Waals surface area contributed by atoms with Crippen LogP contribution in [0, 0.1) is 0 Å². The van der Waals surface area contributed by atoms with Crippen molar-refractivity contribution in [1.82, 2.24) is 4.31 Å². The van der Waals surface area contributed by atoms with Gasteiger partial charge < -0.3 is 5.11 Å². The van der Waals surface area contributed by atoms with Gasteiger partial charge >= 0.3 is 0 Å². The molecule has 1 aliphatic rings. The number of allylic oxidation sites excluding steroid dienone is 1. The Labute approximate surface area is 98.0 Å². The SMILES string of the molecule is CC=CCS(=O)(=O)N(C)CC1(O)CCCC1. The lowest BCUT2D eigenvalue weighted by Gasteiger charge is -2.27. The summed E-state index contributed by atoms with van der Waals surface area (Å²) in [5, 5.41) is 10.1. The lowest BCUT2D eigenvalue weighted by Crippen LogP contribution is -2.42. The monoisotopic (exact) mass is 247 g/mol. The van der Waals surface area contributed by atoms with E-state index in [1.54, 1.807) is 19.1 Å². The molecule has 0 spiro atoms. The van der Waals surface area contributed by atoms with Gasteiger partial charge in [0.25, 0.3) is 0 Å². The third kappa shape index (κ3) is 3.57. The fourth-order valence-corrected chi connectivity index (χ4v) is 3.18. The summed E-state index contributed by atoms with van der Waals surface area (Å²) in [6.07, 6.45) is 6.71. The van der Waals surface area contributed by atoms with E-state index in [0.717, 1.165) is 12.8 Å². The van der Waals surface area contributed by atoms with Crippen molar-refractivity contribution < 1.29 is 13.5 Å². The van der Waals surface area contributed by atoms with Gasteiger partial charge in [-0.3, -0.25) is 0 Å². The van der Waals surface area contributed by atoms with E-state index in [2.05, 4.69) is 0 Å². The Morgan fingerprint density at radius 3 is 2.44 bits per heavy atom. The van der Waals surface area contributed by atoms with Crippen LogP contribution in [0.4, 0.5) is 0 Å². The van der Waals surface area contributed by atoms with Gasteiger partial charge in [0.15, 0.2) is 0 Å². The molecule has 0 atom stereocenters. The Kier molecular flexibility index (Phi) is 4.52. The van der Waals surface area contributed by atoms with Crippen molar-refractivity contribution in [2.75, 3.05) is 19.3 Å². The molecular weight excluding hydrogens is 226 g/mol. The molecule has 0 aliphatic heterocycles. The minimum absolute atomic E-state index is 0.01000. The minimum atomic E-state index is -3.26. The van der Waals surface area contributed by atoms with Gasteiger partial charge in [0, 0.05) is 13.6 Å². The number of likely N-dealkylation sites (N-methyl/N-ethyl adjacent to an activating group) is 1. The minimum Gasteiger partial charge on any atom is -0.389 e. The van der Waals surface area contributed by atoms with E-state index in [9.17, 15) is 13.5 Å². The van der Waals surface area contributed by atoms with Crippen LogP contribution in [0.1, 0.15) is 32.6 Å². The third-order valence-corrected chi connectivity index (χ3v) is 4.76. The largest absolute Gasteiger partial charge is 0.389 e. The Hall–Kier alpha value is -0.390. The zero-order valence-corrected chi connectivity index (χ0v) is 10.8. The maximum atomic E-state index is 11.8. The average Bonchev–Trinajstić information content (AvgIpc) is 2.62. The molecule has 0 aromatic rings. The molecule has 0 amide bonds. The molecule has 4 nitrogen and oxygen atoms in total. The Balaban J connectivity index is 2.60. The Morgan fingerprint density at radius 2 is 1.94 bits per heavy atom. The van der Waals surface area contributed by atoms with Crippen molar-refractivity contribution in [3.05, 3.63) is 12.2 Å². The molecule has 0 aromatic carbocycles. The van der Waals surface area contributed by atoms with Crippen molar-refractivity contribution in [3.63, 3.8) is 0 Å². The molecule has 0 heterocycles. The lowest BCUT2D eigenvalue weighted by atomic mass is 10.0. The highest BCUT2D eigenvalue weighted by Crippen LogP contribution is 2.30. The van der Waals surface area contributed by atoms with Crippen molar-refractivity contribution in [2.24, 2.45) is 0 Å². The number of rotatable bonds is 5. The summed E-state index contributed by atoms with van der Waals surface area (Å²) in [4.78, 5) is 0. The molecule has 1 fully saturated rings. The fourth-order valence-electron chi connectivity index (χ4n) is 2.05. The van der Waals surface area contributed by atoms with Gasteiger partial charge in [-0.25, -0.2) is 12.7 Å². The van der Waals surface area contributed by atoms with Gasteiger partial charge in [-0.05, 0) is 19.8 Å². The molecule has 0 saturated heterocycles. The van der Waals surface area contributed by atoms with Crippen LogP contribution in [0.2, 0.25) is 0 Å². The molecule has 1 N–H and O–H groups in total. The summed E-state index contributed by atoms with van der Waals surface area (Å²) < 4.78 is 24.8. The van der Waals surface area contributed by atoms with E-state index in [1.807, 2.05) is 0 Å². The molecule has 1 aliphatic carbocycles. The number of aliphatic hydroxyl groups is 1. The van der Waals surface area contributed by atoms with Crippen LogP contribution in [0.3, 0.4) is 0 Å². The van der Waals surface area contributed by atoms with Gasteiger partial charge in [0.2, 0.25) is 10.0 Å². The summed E-state index contributed by atoms with van der Waals surface area (Å²) in [5.41, 5.74) is -0.808. The first kappa shape index (κ1) is 13.7. The molecule has 5 heteroatoms. The second kappa shape index (κ2) is 5.29. The highest BCUT2D eigenvalue weighted by Gasteiger charge is 2.34. The molecule has 16 heavy (non-hydrogen) atoms. The molecule has 94 valence electrons. The standard InChI is InChI=1S/C11H21NO3S/c1-3-4-9-16(14,15)12(2)10-11(13)7-5-6-8-11/h3-4,13H,5-10H2,1-2H3. The molecule has 0 bridgehead atoms. The first-order chi connectivity index (χ1) is 7.40. The summed E-state index contributed by atoms with van der Waals surface area (Å²) in [5.74, 6) is 0.01000. The first-order valence-corrected chi connectivity index (χ1v) is 7.28. The third-order valence-electron chi connectivity index (χ3n) is 3.07. The quantitative estimate of drug-likeness (QED) is 0.741. The highest BCUT2D eigenvalue weighted by molar-refractivity contribution is 7.89. The average molecular weight is 247 g/mol. The van der Waals surface area contributed by atoms with Crippen molar-refractivity contribution in [1.29, 1.82) is 0 Å². The Morgan fingerprint density at radius 1 is 1.38 bits per heavy atom. The maximum Gasteiger partial charge on any atom is 0.217 e. The maximum absolute atomic E-state index is 11.8. The van der Waals surface area contributed by atoms with E-state index in [0.29, 0.717) is 12.8 Å². The zero-order chi connectivity index (χ0) is 12.2. The van der Waals surface area contributed by atoms with E-state index in [-0.39, 0.29) is 12.3 Å². The van der Waals surface area contributed by atoms with E-state index in [4.69, 9.17) is 0 Å². The van der Waals surface area contributed by atoms with E-state index in [1.165, 1.54) is 11.4 Å². The summed E-state index contributed by atoms with van der Waals surface area (Å²) >= 11 is 0. The lowest BCUT2D eigenvalue weighted by molar-refractivity contribution is 0.0334. The van der Waals surface area contributed by atoms with E-state index < -0.39 is 15.6 Å². The van der Waals surface area contributed by atoms with Crippen LogP contribution in [-0.4, -0.2) is 42.8 Å². The van der Waals surface area contributed by atoms with Crippen LogP contribution in [0.5, 0.6) is 0 Å². The summed E-state index contributed by atoms with van der Waals surface area (Å²) in [6, 6.07) is 0. The number of hydrogen-bond donors (Lipinski definition) is 1. The number of nitrogens with zero attached hydrogens (tertiary/aromatic N) is 1. The van der Waals surface area contributed by atoms with Crippen molar-refractivity contribution >= 4 is 10.0 Å². The molecule has 0 aromatic heterocycles. The van der Waals surface area contributed by atoms with E-state index >= 15 is 0 Å². The van der Waals surface area contributed by atoms with Gasteiger partial charge in [0.05, 0.1) is 11.4 Å². The van der Waals surface area contributed by atoms with Crippen LogP contribution in [-0.2, 0) is 10.0 Å². The van der Waals surface area contributed by atoms with Gasteiger partial charge in [-0.2, -0.15) is 0 Å². The van der Waals surface area contributed by atoms with Crippen LogP contribution in [0.15, 0.2) is 12.2 Å². The summed E-state index contributed by atoms with van der Waals surface area (Å²) in [6.45, 7) is 2.01. The van der Waals surface area contributed by atoms with Crippen LogP contribution in [0.25, 0.3) is 0 Å². The smallest absolute Gasteiger partial charge is 0.217 e. The molecule has 0 unspecified atom stereocenters. The van der Waals surface area contributed by atoms with Gasteiger partial charge in [-0.15, -0.1) is 0 Å². The molecule has 1 saturated carbocycles. The van der Waals surface area contributed by atoms with Crippen molar-refractivity contribution in [3.8, 4) is 0 Å². The second-order valence-electron chi connectivity index (χ2n) is 4.54. The van der Waals surface area contributed by atoms with Crippen LogP contribution < -0.4 is 0 Å². The zero-order valence-electron chi connectivity index (χ0n) is 10.0. The van der Waals surface area contributed by atoms with Gasteiger partial charge in [0.1, 0.15) is 0 Å². The predicted molar refractivity (Wildman–Crippen MR) is 64.6 cm³/mol. The number of hydrogen-bond acceptors (Lipinski definition) is 3. The second-order valence-corrected chi connectivity index (χ2v) is 6.66. The van der Waals surface area contributed by atoms with Gasteiger partial charge in [-0.1, -0.05) is 25.0 Å². The Bertz CT molecular complexity index is 342. The predicted octanol–water partition coefficient (Wildman–Crippen LogP) is 1.13. The highest BCUT2D eigenvalue weighted by atomic mass is 32.2. The molecular formula is C11H21NO3S. The summed E-state index contributed by atoms with van der Waals surface area (Å²) in [7, 11) is -1.72. The number of sulfonamides is 1. The first-order valence-electron chi connectivity index (χ1n) is 5.67. The molecule has 1 rings (SSSR count). The van der Waals surface area contributed by atoms with Crippen molar-refractivity contribution in [2.45, 2.75) is 38.2 Å². The fraction of sp³-hybridized carbons (Fsp3) is 0.818. The molecule has 0 radical (unpaired) electrons. The normalized spacial score (nSPS) is 21.0. The van der Waals surface area contributed by atoms with Crippen LogP contribution >= 0.6 is 0 Å². The topological polar surface area (TPSA) is 57.6 Å².